The lowest BCUT2D eigenvalue weighted by molar-refractivity contribution is -0.152. The van der Waals surface area contributed by atoms with Crippen molar-refractivity contribution in [1.29, 1.82) is 0 Å². The minimum atomic E-state index is -1.33. The zero-order chi connectivity index (χ0) is 24.4. The Bertz CT molecular complexity index is 1040. The van der Waals surface area contributed by atoms with Crippen molar-refractivity contribution in [1.82, 2.24) is 14.3 Å². The molecule has 0 bridgehead atoms. The summed E-state index contributed by atoms with van der Waals surface area (Å²) < 4.78 is 13.5. The summed E-state index contributed by atoms with van der Waals surface area (Å²) in [5.41, 5.74) is -1.31. The number of carboxylic acids is 1. The highest BCUT2D eigenvalue weighted by atomic mass is 16.5. The second-order valence-corrected chi connectivity index (χ2v) is 8.60. The Balaban J connectivity index is 1.94. The number of ether oxygens (including phenoxy) is 2. The molecule has 182 valence electrons. The van der Waals surface area contributed by atoms with E-state index in [-0.39, 0.29) is 12.5 Å². The van der Waals surface area contributed by atoms with E-state index in [9.17, 15) is 19.5 Å². The SMILES string of the molecule is CCCCCCCn1c(=O)c(OCCCc2cccc(OC(C)(C)C(=O)O)c2)nn(C)c1=O. The molecule has 0 unspecified atom stereocenters. The number of benzene rings is 1. The van der Waals surface area contributed by atoms with E-state index in [0.717, 1.165) is 42.3 Å². The summed E-state index contributed by atoms with van der Waals surface area (Å²) in [6.07, 6.45) is 6.33. The van der Waals surface area contributed by atoms with Crippen molar-refractivity contribution in [3.8, 4) is 11.6 Å². The van der Waals surface area contributed by atoms with Crippen LogP contribution in [0.25, 0.3) is 0 Å². The fourth-order valence-electron chi connectivity index (χ4n) is 3.31. The number of hydrogen-bond donors (Lipinski definition) is 1. The van der Waals surface area contributed by atoms with E-state index < -0.39 is 22.8 Å². The zero-order valence-electron chi connectivity index (χ0n) is 20.0. The second-order valence-electron chi connectivity index (χ2n) is 8.60. The van der Waals surface area contributed by atoms with E-state index in [1.54, 1.807) is 18.2 Å². The van der Waals surface area contributed by atoms with Gasteiger partial charge in [0.1, 0.15) is 5.75 Å². The number of carboxylic acid groups (broad SMARTS) is 1. The summed E-state index contributed by atoms with van der Waals surface area (Å²) in [5.74, 6) is -0.647. The maximum Gasteiger partial charge on any atom is 0.347 e. The van der Waals surface area contributed by atoms with Gasteiger partial charge in [-0.25, -0.2) is 14.3 Å². The van der Waals surface area contributed by atoms with Gasteiger partial charge in [-0.3, -0.25) is 9.36 Å². The molecule has 0 aliphatic rings. The molecule has 33 heavy (non-hydrogen) atoms. The van der Waals surface area contributed by atoms with Crippen LogP contribution in [-0.2, 0) is 24.8 Å². The van der Waals surface area contributed by atoms with E-state index >= 15 is 0 Å². The predicted octanol–water partition coefficient (Wildman–Crippen LogP) is 3.17. The lowest BCUT2D eigenvalue weighted by Crippen LogP contribution is -2.41. The Kier molecular flexibility index (Phi) is 9.69. The molecule has 1 aromatic carbocycles. The third-order valence-corrected chi connectivity index (χ3v) is 5.30. The van der Waals surface area contributed by atoms with Crippen LogP contribution in [0.15, 0.2) is 33.9 Å². The third-order valence-electron chi connectivity index (χ3n) is 5.30. The van der Waals surface area contributed by atoms with Crippen LogP contribution in [0.3, 0.4) is 0 Å². The molecule has 0 fully saturated rings. The van der Waals surface area contributed by atoms with Crippen LogP contribution >= 0.6 is 0 Å². The molecule has 0 aliphatic carbocycles. The molecule has 0 saturated heterocycles. The van der Waals surface area contributed by atoms with Gasteiger partial charge in [0.05, 0.1) is 6.61 Å². The third kappa shape index (κ3) is 7.76. The molecule has 9 heteroatoms. The van der Waals surface area contributed by atoms with Gasteiger partial charge in [0.25, 0.3) is 5.88 Å². The van der Waals surface area contributed by atoms with E-state index in [1.807, 2.05) is 6.07 Å². The quantitative estimate of drug-likeness (QED) is 0.430. The average Bonchev–Trinajstić information content (AvgIpc) is 2.76. The summed E-state index contributed by atoms with van der Waals surface area (Å²) in [6.45, 7) is 5.73. The minimum absolute atomic E-state index is 0.0778. The molecule has 0 aliphatic heterocycles. The van der Waals surface area contributed by atoms with Crippen LogP contribution in [0.1, 0.15) is 64.9 Å². The second kappa shape index (κ2) is 12.2. The standard InChI is InChI=1S/C24H35N3O6/c1-5-6-7-8-9-15-27-21(28)20(25-26(4)23(27)31)32-16-11-13-18-12-10-14-19(17-18)33-24(2,3)22(29)30/h10,12,14,17H,5-9,11,13,15-16H2,1-4H3,(H,29,30). The summed E-state index contributed by atoms with van der Waals surface area (Å²) >= 11 is 0. The molecule has 1 heterocycles. The normalized spacial score (nSPS) is 11.4. The summed E-state index contributed by atoms with van der Waals surface area (Å²) in [6, 6.07) is 7.22. The number of rotatable bonds is 14. The van der Waals surface area contributed by atoms with Gasteiger partial charge in [-0.2, -0.15) is 0 Å². The highest BCUT2D eigenvalue weighted by Crippen LogP contribution is 2.20. The van der Waals surface area contributed by atoms with E-state index in [1.165, 1.54) is 25.5 Å². The van der Waals surface area contributed by atoms with Crippen LogP contribution in [-0.4, -0.2) is 37.6 Å². The number of nitrogens with zero attached hydrogens (tertiary/aromatic N) is 3. The van der Waals surface area contributed by atoms with Crippen LogP contribution < -0.4 is 20.7 Å². The molecular weight excluding hydrogens is 426 g/mol. The molecule has 0 atom stereocenters. The smallest absolute Gasteiger partial charge is 0.347 e. The Morgan fingerprint density at radius 2 is 1.85 bits per heavy atom. The first-order chi connectivity index (χ1) is 15.7. The summed E-state index contributed by atoms with van der Waals surface area (Å²) in [4.78, 5) is 36.2. The number of aliphatic carboxylic acids is 1. The zero-order valence-corrected chi connectivity index (χ0v) is 20.0. The average molecular weight is 462 g/mol. The maximum atomic E-state index is 12.7. The number of aryl methyl sites for hydroxylation is 2. The van der Waals surface area contributed by atoms with Crippen LogP contribution in [0.4, 0.5) is 0 Å². The molecule has 9 nitrogen and oxygen atoms in total. The van der Waals surface area contributed by atoms with Gasteiger partial charge in [-0.1, -0.05) is 44.7 Å². The topological polar surface area (TPSA) is 113 Å². The number of aromatic nitrogens is 3. The van der Waals surface area contributed by atoms with Crippen molar-refractivity contribution in [2.45, 2.75) is 77.9 Å². The number of carbonyl (C=O) groups is 1. The van der Waals surface area contributed by atoms with Crippen LogP contribution in [0.2, 0.25) is 0 Å². The van der Waals surface area contributed by atoms with Gasteiger partial charge in [0.15, 0.2) is 5.60 Å². The Morgan fingerprint density at radius 3 is 2.55 bits per heavy atom. The van der Waals surface area contributed by atoms with Crippen molar-refractivity contribution in [2.24, 2.45) is 7.05 Å². The van der Waals surface area contributed by atoms with E-state index in [4.69, 9.17) is 9.47 Å². The van der Waals surface area contributed by atoms with Crippen LogP contribution in [0, 0.1) is 0 Å². The molecule has 0 spiro atoms. The van der Waals surface area contributed by atoms with E-state index in [2.05, 4.69) is 12.0 Å². The van der Waals surface area contributed by atoms with Gasteiger partial charge in [0, 0.05) is 13.6 Å². The van der Waals surface area contributed by atoms with Gasteiger partial charge < -0.3 is 14.6 Å². The number of unbranched alkanes of at least 4 members (excludes halogenated alkanes) is 4. The van der Waals surface area contributed by atoms with Gasteiger partial charge in [0.2, 0.25) is 0 Å². The highest BCUT2D eigenvalue weighted by molar-refractivity contribution is 5.76. The molecule has 1 N–H and O–H groups in total. The van der Waals surface area contributed by atoms with Crippen molar-refractivity contribution in [3.05, 3.63) is 50.7 Å². The number of hydrogen-bond acceptors (Lipinski definition) is 6. The van der Waals surface area contributed by atoms with Gasteiger partial charge in [-0.05, 0) is 50.8 Å². The molecule has 0 amide bonds. The first-order valence-electron chi connectivity index (χ1n) is 11.5. The Hall–Kier alpha value is -3.10. The molecule has 2 aromatic rings. The van der Waals surface area contributed by atoms with Crippen molar-refractivity contribution >= 4 is 5.97 Å². The first kappa shape index (κ1) is 26.2. The fourth-order valence-corrected chi connectivity index (χ4v) is 3.31. The van der Waals surface area contributed by atoms with Crippen molar-refractivity contribution in [3.63, 3.8) is 0 Å². The molecular formula is C24H35N3O6. The van der Waals surface area contributed by atoms with Crippen LogP contribution in [0.5, 0.6) is 11.6 Å². The Morgan fingerprint density at radius 1 is 1.12 bits per heavy atom. The van der Waals surface area contributed by atoms with Crippen molar-refractivity contribution < 1.29 is 19.4 Å². The molecule has 2 rings (SSSR count). The van der Waals surface area contributed by atoms with Crippen molar-refractivity contribution in [2.75, 3.05) is 6.61 Å². The summed E-state index contributed by atoms with van der Waals surface area (Å²) in [7, 11) is 1.51. The van der Waals surface area contributed by atoms with E-state index in [0.29, 0.717) is 25.1 Å². The monoisotopic (exact) mass is 461 g/mol. The first-order valence-corrected chi connectivity index (χ1v) is 11.5. The predicted molar refractivity (Wildman–Crippen MR) is 125 cm³/mol. The maximum absolute atomic E-state index is 12.7. The lowest BCUT2D eigenvalue weighted by atomic mass is 10.1. The molecule has 1 aromatic heterocycles. The minimum Gasteiger partial charge on any atom is -0.478 e. The molecule has 0 radical (unpaired) electrons. The Labute approximate surface area is 194 Å². The molecule has 0 saturated carbocycles. The summed E-state index contributed by atoms with van der Waals surface area (Å²) in [5, 5.41) is 13.2. The highest BCUT2D eigenvalue weighted by Gasteiger charge is 2.29. The van der Waals surface area contributed by atoms with Gasteiger partial charge >= 0.3 is 17.2 Å². The lowest BCUT2D eigenvalue weighted by Gasteiger charge is -2.21. The van der Waals surface area contributed by atoms with Gasteiger partial charge in [-0.15, -0.1) is 5.10 Å². The fraction of sp³-hybridized carbons (Fsp3) is 0.583. The largest absolute Gasteiger partial charge is 0.478 e.